The van der Waals surface area contributed by atoms with Crippen molar-refractivity contribution in [1.82, 2.24) is 20.0 Å². The van der Waals surface area contributed by atoms with E-state index in [1.54, 1.807) is 16.8 Å². The summed E-state index contributed by atoms with van der Waals surface area (Å²) in [4.78, 5) is 15.1. The molecular formula is C21H29FN4O. The quantitative estimate of drug-likeness (QED) is 0.811. The molecule has 27 heavy (non-hydrogen) atoms. The molecule has 0 bridgehead atoms. The van der Waals surface area contributed by atoms with Gasteiger partial charge in [0, 0.05) is 36.4 Å². The number of nitrogens with one attached hydrogen (secondary N) is 1. The predicted octanol–water partition coefficient (Wildman–Crippen LogP) is 3.35. The van der Waals surface area contributed by atoms with Gasteiger partial charge in [-0.25, -0.2) is 9.07 Å². The number of carbonyl (C=O) groups excluding carboxylic acids is 1. The standard InChI is InChI=1S/C21H29FN4O/c1-14(2)25(15(3)4)13-12-23-21(27)20-18-6-5-7-19(18)26(24-20)17-10-8-16(22)9-11-17/h8-11,14-15H,5-7,12-13H2,1-4H3,(H,23,27). The highest BCUT2D eigenvalue weighted by molar-refractivity contribution is 5.94. The Morgan fingerprint density at radius 3 is 2.48 bits per heavy atom. The van der Waals surface area contributed by atoms with Crippen molar-refractivity contribution in [3.8, 4) is 5.69 Å². The number of aromatic nitrogens is 2. The molecule has 2 aromatic rings. The number of fused-ring (bicyclic) bond motifs is 1. The van der Waals surface area contributed by atoms with Gasteiger partial charge in [-0.15, -0.1) is 0 Å². The van der Waals surface area contributed by atoms with Crippen LogP contribution in [0.4, 0.5) is 4.39 Å². The highest BCUT2D eigenvalue weighted by atomic mass is 19.1. The van der Waals surface area contributed by atoms with Gasteiger partial charge in [0.15, 0.2) is 5.69 Å². The van der Waals surface area contributed by atoms with E-state index < -0.39 is 0 Å². The summed E-state index contributed by atoms with van der Waals surface area (Å²) in [6, 6.07) is 7.11. The molecule has 0 atom stereocenters. The van der Waals surface area contributed by atoms with Crippen molar-refractivity contribution in [3.63, 3.8) is 0 Å². The Balaban J connectivity index is 1.74. The minimum atomic E-state index is -0.277. The van der Waals surface area contributed by atoms with Crippen LogP contribution in [-0.2, 0) is 12.8 Å². The number of hydrogen-bond acceptors (Lipinski definition) is 3. The van der Waals surface area contributed by atoms with Crippen LogP contribution in [0.3, 0.4) is 0 Å². The van der Waals surface area contributed by atoms with Crippen LogP contribution >= 0.6 is 0 Å². The van der Waals surface area contributed by atoms with Crippen molar-refractivity contribution < 1.29 is 9.18 Å². The van der Waals surface area contributed by atoms with Crippen LogP contribution < -0.4 is 5.32 Å². The van der Waals surface area contributed by atoms with Crippen LogP contribution in [0.25, 0.3) is 5.69 Å². The van der Waals surface area contributed by atoms with E-state index >= 15 is 0 Å². The van der Waals surface area contributed by atoms with Gasteiger partial charge in [-0.2, -0.15) is 5.10 Å². The molecule has 0 unspecified atom stereocenters. The van der Waals surface area contributed by atoms with Crippen molar-refractivity contribution in [2.45, 2.75) is 59.0 Å². The molecule has 0 fully saturated rings. The molecule has 1 amide bonds. The van der Waals surface area contributed by atoms with Crippen LogP contribution in [0, 0.1) is 5.82 Å². The zero-order valence-electron chi connectivity index (χ0n) is 16.6. The molecule has 6 heteroatoms. The number of hydrogen-bond donors (Lipinski definition) is 1. The summed E-state index contributed by atoms with van der Waals surface area (Å²) in [5.74, 6) is -0.401. The largest absolute Gasteiger partial charge is 0.349 e. The molecule has 1 aliphatic rings. The van der Waals surface area contributed by atoms with Gasteiger partial charge in [-0.3, -0.25) is 9.69 Å². The lowest BCUT2D eigenvalue weighted by molar-refractivity contribution is 0.0933. The SMILES string of the molecule is CC(C)N(CCNC(=O)c1nn(-c2ccc(F)cc2)c2c1CCC2)C(C)C. The zero-order chi connectivity index (χ0) is 19.6. The van der Waals surface area contributed by atoms with Crippen LogP contribution in [0.2, 0.25) is 0 Å². The van der Waals surface area contributed by atoms with Crippen LogP contribution in [-0.4, -0.2) is 45.8 Å². The Labute approximate surface area is 160 Å². The van der Waals surface area contributed by atoms with Gasteiger partial charge in [-0.05, 0) is 71.2 Å². The third-order valence-corrected chi connectivity index (χ3v) is 5.20. The summed E-state index contributed by atoms with van der Waals surface area (Å²) in [6.07, 6.45) is 2.77. The van der Waals surface area contributed by atoms with Crippen molar-refractivity contribution in [2.24, 2.45) is 0 Å². The first-order valence-electron chi connectivity index (χ1n) is 9.79. The minimum absolute atomic E-state index is 0.124. The predicted molar refractivity (Wildman–Crippen MR) is 105 cm³/mol. The van der Waals surface area contributed by atoms with Gasteiger partial charge in [0.1, 0.15) is 5.82 Å². The number of amides is 1. The fourth-order valence-corrected chi connectivity index (χ4v) is 3.91. The van der Waals surface area contributed by atoms with E-state index in [1.807, 2.05) is 0 Å². The highest BCUT2D eigenvalue weighted by Crippen LogP contribution is 2.27. The summed E-state index contributed by atoms with van der Waals surface area (Å²) in [6.45, 7) is 10.1. The number of halogens is 1. The van der Waals surface area contributed by atoms with Gasteiger partial charge in [-0.1, -0.05) is 0 Å². The molecule has 1 aliphatic carbocycles. The molecule has 1 heterocycles. The number of rotatable bonds is 7. The van der Waals surface area contributed by atoms with Crippen LogP contribution in [0.5, 0.6) is 0 Å². The number of carbonyl (C=O) groups is 1. The zero-order valence-corrected chi connectivity index (χ0v) is 16.6. The molecule has 1 aromatic carbocycles. The first-order chi connectivity index (χ1) is 12.9. The molecule has 0 aliphatic heterocycles. The average Bonchev–Trinajstić information content (AvgIpc) is 3.21. The Hall–Kier alpha value is -2.21. The van der Waals surface area contributed by atoms with Crippen molar-refractivity contribution in [3.05, 3.63) is 47.0 Å². The normalized spacial score (nSPS) is 13.6. The van der Waals surface area contributed by atoms with Gasteiger partial charge in [0.25, 0.3) is 5.91 Å². The van der Waals surface area contributed by atoms with E-state index in [0.717, 1.165) is 42.8 Å². The maximum Gasteiger partial charge on any atom is 0.272 e. The minimum Gasteiger partial charge on any atom is -0.349 e. The first kappa shape index (κ1) is 19.5. The van der Waals surface area contributed by atoms with Crippen molar-refractivity contribution >= 4 is 5.91 Å². The second kappa shape index (κ2) is 8.21. The van der Waals surface area contributed by atoms with Crippen LogP contribution in [0.15, 0.2) is 24.3 Å². The summed E-state index contributed by atoms with van der Waals surface area (Å²) in [5.41, 5.74) is 3.39. The van der Waals surface area contributed by atoms with E-state index in [9.17, 15) is 9.18 Å². The second-order valence-electron chi connectivity index (χ2n) is 7.70. The molecule has 5 nitrogen and oxygen atoms in total. The van der Waals surface area contributed by atoms with E-state index in [2.05, 4.69) is 43.0 Å². The fraction of sp³-hybridized carbons (Fsp3) is 0.524. The molecule has 0 saturated carbocycles. The molecule has 0 radical (unpaired) electrons. The van der Waals surface area contributed by atoms with Gasteiger partial charge in [0.05, 0.1) is 5.69 Å². The van der Waals surface area contributed by atoms with E-state index in [4.69, 9.17) is 0 Å². The summed E-state index contributed by atoms with van der Waals surface area (Å²) < 4.78 is 15.0. The third kappa shape index (κ3) is 4.21. The Morgan fingerprint density at radius 1 is 1.19 bits per heavy atom. The molecule has 0 spiro atoms. The van der Waals surface area contributed by atoms with Crippen molar-refractivity contribution in [2.75, 3.05) is 13.1 Å². The Morgan fingerprint density at radius 2 is 1.85 bits per heavy atom. The topological polar surface area (TPSA) is 50.2 Å². The molecule has 1 aromatic heterocycles. The number of nitrogens with zero attached hydrogens (tertiary/aromatic N) is 3. The maximum atomic E-state index is 13.2. The molecule has 146 valence electrons. The lowest BCUT2D eigenvalue weighted by Crippen LogP contribution is -2.42. The number of benzene rings is 1. The van der Waals surface area contributed by atoms with Crippen molar-refractivity contribution in [1.29, 1.82) is 0 Å². The lowest BCUT2D eigenvalue weighted by atomic mass is 10.2. The molecule has 0 saturated heterocycles. The van der Waals surface area contributed by atoms with E-state index in [-0.39, 0.29) is 11.7 Å². The Kier molecular flexibility index (Phi) is 5.95. The third-order valence-electron chi connectivity index (χ3n) is 5.20. The van der Waals surface area contributed by atoms with Crippen LogP contribution in [0.1, 0.15) is 55.9 Å². The monoisotopic (exact) mass is 372 g/mol. The van der Waals surface area contributed by atoms with Gasteiger partial charge in [0.2, 0.25) is 0 Å². The van der Waals surface area contributed by atoms with E-state index in [0.29, 0.717) is 24.3 Å². The smallest absolute Gasteiger partial charge is 0.272 e. The highest BCUT2D eigenvalue weighted by Gasteiger charge is 2.27. The average molecular weight is 372 g/mol. The maximum absolute atomic E-state index is 13.2. The Bertz CT molecular complexity index is 787. The summed E-state index contributed by atoms with van der Waals surface area (Å²) in [5, 5.41) is 7.59. The molecule has 1 N–H and O–H groups in total. The lowest BCUT2D eigenvalue weighted by Gasteiger charge is -2.30. The summed E-state index contributed by atoms with van der Waals surface area (Å²) >= 11 is 0. The second-order valence-corrected chi connectivity index (χ2v) is 7.70. The first-order valence-corrected chi connectivity index (χ1v) is 9.79. The fourth-order valence-electron chi connectivity index (χ4n) is 3.91. The van der Waals surface area contributed by atoms with Gasteiger partial charge < -0.3 is 5.32 Å². The summed E-state index contributed by atoms with van der Waals surface area (Å²) in [7, 11) is 0. The molecular weight excluding hydrogens is 343 g/mol. The molecule has 3 rings (SSSR count). The van der Waals surface area contributed by atoms with Gasteiger partial charge >= 0.3 is 0 Å². The van der Waals surface area contributed by atoms with E-state index in [1.165, 1.54) is 12.1 Å².